The van der Waals surface area contributed by atoms with Crippen LogP contribution in [0, 0.1) is 0 Å². The van der Waals surface area contributed by atoms with Gasteiger partial charge in [-0.25, -0.2) is 4.98 Å². The van der Waals surface area contributed by atoms with Gasteiger partial charge < -0.3 is 5.32 Å². The first-order valence-electron chi connectivity index (χ1n) is 10.3. The van der Waals surface area contributed by atoms with Crippen molar-refractivity contribution in [2.24, 2.45) is 0 Å². The Morgan fingerprint density at radius 2 is 1.70 bits per heavy atom. The van der Waals surface area contributed by atoms with Crippen molar-refractivity contribution in [2.75, 3.05) is 6.54 Å². The second-order valence-corrected chi connectivity index (χ2v) is 8.37. The Hall–Kier alpha value is -2.86. The molecule has 0 atom stereocenters. The van der Waals surface area contributed by atoms with Crippen LogP contribution in [-0.4, -0.2) is 22.0 Å². The van der Waals surface area contributed by atoms with Crippen LogP contribution in [0.2, 0.25) is 0 Å². The van der Waals surface area contributed by atoms with E-state index in [0.29, 0.717) is 17.5 Å². The van der Waals surface area contributed by atoms with E-state index in [-0.39, 0.29) is 18.0 Å². The molecule has 4 rings (SSSR count). The predicted octanol–water partition coefficient (Wildman–Crippen LogP) is 3.38. The zero-order chi connectivity index (χ0) is 20.8. The number of nitrogens with zero attached hydrogens (tertiary/aromatic N) is 2. The minimum atomic E-state index is -0.158. The zero-order valence-corrected chi connectivity index (χ0v) is 17.7. The Morgan fingerprint density at radius 1 is 1.00 bits per heavy atom. The van der Waals surface area contributed by atoms with E-state index in [2.05, 4.69) is 17.4 Å². The Bertz CT molecular complexity index is 1070. The molecule has 0 saturated heterocycles. The lowest BCUT2D eigenvalue weighted by molar-refractivity contribution is -0.121. The number of rotatable bonds is 8. The van der Waals surface area contributed by atoms with E-state index >= 15 is 0 Å². The first-order chi connectivity index (χ1) is 14.7. The standard InChI is InChI=1S/C24H25N3O2S/c28-22(25-15-14-18-8-3-1-4-9-18)16-27-23(29)20-12-7-13-21(20)26-24(27)30-17-19-10-5-2-6-11-19/h1-6,8-11H,7,12-17H2,(H,25,28). The van der Waals surface area contributed by atoms with E-state index < -0.39 is 0 Å². The Balaban J connectivity index is 1.46. The molecule has 0 fully saturated rings. The molecular weight excluding hydrogens is 394 g/mol. The Kier molecular flexibility index (Phi) is 6.64. The summed E-state index contributed by atoms with van der Waals surface area (Å²) >= 11 is 1.51. The molecule has 0 bridgehead atoms. The summed E-state index contributed by atoms with van der Waals surface area (Å²) in [5, 5.41) is 3.57. The van der Waals surface area contributed by atoms with Crippen molar-refractivity contribution in [1.29, 1.82) is 0 Å². The molecule has 5 nitrogen and oxygen atoms in total. The molecule has 1 amide bonds. The highest BCUT2D eigenvalue weighted by Gasteiger charge is 2.22. The number of thioether (sulfide) groups is 1. The van der Waals surface area contributed by atoms with E-state index in [0.717, 1.165) is 42.5 Å². The summed E-state index contributed by atoms with van der Waals surface area (Å²) in [4.78, 5) is 30.4. The third-order valence-electron chi connectivity index (χ3n) is 5.24. The van der Waals surface area contributed by atoms with Crippen LogP contribution in [-0.2, 0) is 36.4 Å². The van der Waals surface area contributed by atoms with Crippen LogP contribution in [0.25, 0.3) is 0 Å². The van der Waals surface area contributed by atoms with Crippen molar-refractivity contribution in [2.45, 2.75) is 43.1 Å². The summed E-state index contributed by atoms with van der Waals surface area (Å²) < 4.78 is 1.55. The Morgan fingerprint density at radius 3 is 2.43 bits per heavy atom. The Labute approximate surface area is 180 Å². The first-order valence-corrected chi connectivity index (χ1v) is 11.3. The van der Waals surface area contributed by atoms with Crippen molar-refractivity contribution in [1.82, 2.24) is 14.9 Å². The second kappa shape index (κ2) is 9.76. The second-order valence-electron chi connectivity index (χ2n) is 7.42. The van der Waals surface area contributed by atoms with Gasteiger partial charge in [0.15, 0.2) is 5.16 Å². The molecule has 1 aliphatic rings. The molecule has 0 saturated carbocycles. The van der Waals surface area contributed by atoms with E-state index in [1.165, 1.54) is 17.3 Å². The smallest absolute Gasteiger partial charge is 0.258 e. The molecule has 0 spiro atoms. The highest BCUT2D eigenvalue weighted by atomic mass is 32.2. The molecule has 30 heavy (non-hydrogen) atoms. The van der Waals surface area contributed by atoms with Gasteiger partial charge in [-0.2, -0.15) is 0 Å². The normalized spacial score (nSPS) is 12.5. The van der Waals surface area contributed by atoms with E-state index in [1.807, 2.05) is 48.5 Å². The first kappa shape index (κ1) is 20.4. The maximum Gasteiger partial charge on any atom is 0.258 e. The number of amides is 1. The van der Waals surface area contributed by atoms with Gasteiger partial charge >= 0.3 is 0 Å². The lowest BCUT2D eigenvalue weighted by Crippen LogP contribution is -2.35. The maximum absolute atomic E-state index is 13.1. The molecule has 1 heterocycles. The summed E-state index contributed by atoms with van der Waals surface area (Å²) in [7, 11) is 0. The number of carbonyl (C=O) groups excluding carboxylic acids is 1. The van der Waals surface area contributed by atoms with Gasteiger partial charge in [0.25, 0.3) is 5.56 Å². The fraction of sp³-hybridized carbons (Fsp3) is 0.292. The third-order valence-corrected chi connectivity index (χ3v) is 6.29. The van der Waals surface area contributed by atoms with Crippen molar-refractivity contribution in [3.8, 4) is 0 Å². The number of benzene rings is 2. The largest absolute Gasteiger partial charge is 0.354 e. The van der Waals surface area contributed by atoms with Crippen molar-refractivity contribution < 1.29 is 4.79 Å². The summed E-state index contributed by atoms with van der Waals surface area (Å²) in [6, 6.07) is 20.1. The predicted molar refractivity (Wildman–Crippen MR) is 120 cm³/mol. The SMILES string of the molecule is O=C(Cn1c(SCc2ccccc2)nc2c(c1=O)CCC2)NCCc1ccccc1. The number of aromatic nitrogens is 2. The quantitative estimate of drug-likeness (QED) is 0.449. The van der Waals surface area contributed by atoms with Crippen molar-refractivity contribution in [3.63, 3.8) is 0 Å². The van der Waals surface area contributed by atoms with Crippen LogP contribution in [0.5, 0.6) is 0 Å². The van der Waals surface area contributed by atoms with Gasteiger partial charge in [0.2, 0.25) is 5.91 Å². The molecule has 2 aromatic carbocycles. The monoisotopic (exact) mass is 419 g/mol. The van der Waals surface area contributed by atoms with Crippen LogP contribution >= 0.6 is 11.8 Å². The molecule has 1 N–H and O–H groups in total. The lowest BCUT2D eigenvalue weighted by Gasteiger charge is -2.14. The van der Waals surface area contributed by atoms with Gasteiger partial charge in [0, 0.05) is 17.9 Å². The number of carbonyl (C=O) groups is 1. The average Bonchev–Trinajstić information content (AvgIpc) is 3.25. The number of fused-ring (bicyclic) bond motifs is 1. The number of aryl methyl sites for hydroxylation is 1. The van der Waals surface area contributed by atoms with Crippen LogP contribution in [0.4, 0.5) is 0 Å². The number of hydrogen-bond acceptors (Lipinski definition) is 4. The van der Waals surface area contributed by atoms with Gasteiger partial charge in [-0.1, -0.05) is 72.4 Å². The highest BCUT2D eigenvalue weighted by Crippen LogP contribution is 2.24. The molecule has 6 heteroatoms. The summed E-state index contributed by atoms with van der Waals surface area (Å²) in [5.41, 5.74) is 3.95. The van der Waals surface area contributed by atoms with Gasteiger partial charge in [-0.3, -0.25) is 14.2 Å². The van der Waals surface area contributed by atoms with E-state index in [1.54, 1.807) is 4.57 Å². The summed E-state index contributed by atoms with van der Waals surface area (Å²) in [5.74, 6) is 0.552. The van der Waals surface area contributed by atoms with Gasteiger partial charge in [-0.05, 0) is 36.8 Å². The van der Waals surface area contributed by atoms with E-state index in [4.69, 9.17) is 4.98 Å². The van der Waals surface area contributed by atoms with Gasteiger partial charge in [-0.15, -0.1) is 0 Å². The van der Waals surface area contributed by atoms with Crippen LogP contribution in [0.3, 0.4) is 0 Å². The fourth-order valence-electron chi connectivity index (χ4n) is 3.67. The average molecular weight is 420 g/mol. The highest BCUT2D eigenvalue weighted by molar-refractivity contribution is 7.98. The molecule has 1 aliphatic carbocycles. The van der Waals surface area contributed by atoms with Crippen LogP contribution in [0.15, 0.2) is 70.6 Å². The molecule has 154 valence electrons. The molecule has 1 aromatic heterocycles. The third kappa shape index (κ3) is 5.00. The molecular formula is C24H25N3O2S. The van der Waals surface area contributed by atoms with Gasteiger partial charge in [0.05, 0.1) is 5.69 Å². The van der Waals surface area contributed by atoms with Crippen LogP contribution in [0.1, 0.15) is 28.8 Å². The number of nitrogens with one attached hydrogen (secondary N) is 1. The molecule has 0 unspecified atom stereocenters. The van der Waals surface area contributed by atoms with Crippen molar-refractivity contribution >= 4 is 17.7 Å². The number of hydrogen-bond donors (Lipinski definition) is 1. The molecule has 0 radical (unpaired) electrons. The topological polar surface area (TPSA) is 64.0 Å². The summed E-state index contributed by atoms with van der Waals surface area (Å²) in [6.45, 7) is 0.549. The maximum atomic E-state index is 13.1. The van der Waals surface area contributed by atoms with E-state index in [9.17, 15) is 9.59 Å². The summed E-state index contributed by atoms with van der Waals surface area (Å²) in [6.07, 6.45) is 3.31. The minimum Gasteiger partial charge on any atom is -0.354 e. The van der Waals surface area contributed by atoms with Gasteiger partial charge in [0.1, 0.15) is 6.54 Å². The zero-order valence-electron chi connectivity index (χ0n) is 16.8. The van der Waals surface area contributed by atoms with Crippen molar-refractivity contribution in [3.05, 3.63) is 93.4 Å². The molecule has 3 aromatic rings. The van der Waals surface area contributed by atoms with Crippen LogP contribution < -0.4 is 10.9 Å². The molecule has 0 aliphatic heterocycles. The minimum absolute atomic E-state index is 0.00499. The fourth-order valence-corrected chi connectivity index (χ4v) is 4.64. The lowest BCUT2D eigenvalue weighted by atomic mass is 10.1.